The van der Waals surface area contributed by atoms with Gasteiger partial charge in [-0.05, 0) is 24.3 Å². The van der Waals surface area contributed by atoms with Crippen molar-refractivity contribution in [1.82, 2.24) is 9.97 Å². The Kier molecular flexibility index (Phi) is 3.50. The standard InChI is InChI=1S/C20H17N3O3/c24-14-5-3-4-13(12-14)19-21-17-15-6-1-2-7-16(15)26-18(17)20(22-19)23-8-10-25-11-9-23/h1-7,12,24H,8-11H2. The summed E-state index contributed by atoms with van der Waals surface area (Å²) < 4.78 is 11.6. The van der Waals surface area contributed by atoms with Crippen molar-refractivity contribution < 1.29 is 14.3 Å². The van der Waals surface area contributed by atoms with Crippen LogP contribution in [0.2, 0.25) is 0 Å². The molecular formula is C20H17N3O3. The Hall–Kier alpha value is -3.12. The topological polar surface area (TPSA) is 71.6 Å². The highest BCUT2D eigenvalue weighted by atomic mass is 16.5. The zero-order valence-corrected chi connectivity index (χ0v) is 14.1. The number of morpholine rings is 1. The Morgan fingerprint density at radius 1 is 0.962 bits per heavy atom. The number of phenols is 1. The van der Waals surface area contributed by atoms with E-state index in [0.29, 0.717) is 24.6 Å². The molecule has 0 aliphatic carbocycles. The van der Waals surface area contributed by atoms with Crippen molar-refractivity contribution in [2.45, 2.75) is 0 Å². The van der Waals surface area contributed by atoms with Crippen LogP contribution in [0.1, 0.15) is 0 Å². The van der Waals surface area contributed by atoms with Crippen LogP contribution in [0, 0.1) is 0 Å². The van der Waals surface area contributed by atoms with Crippen LogP contribution in [0.25, 0.3) is 33.5 Å². The number of ether oxygens (including phenoxy) is 1. The highest BCUT2D eigenvalue weighted by Crippen LogP contribution is 2.35. The van der Waals surface area contributed by atoms with Crippen molar-refractivity contribution in [3.63, 3.8) is 0 Å². The van der Waals surface area contributed by atoms with Gasteiger partial charge in [0.2, 0.25) is 0 Å². The molecule has 6 nitrogen and oxygen atoms in total. The van der Waals surface area contributed by atoms with Gasteiger partial charge in [-0.3, -0.25) is 0 Å². The molecule has 0 spiro atoms. The summed E-state index contributed by atoms with van der Waals surface area (Å²) in [4.78, 5) is 11.7. The van der Waals surface area contributed by atoms with Crippen LogP contribution in [-0.2, 0) is 4.74 Å². The van der Waals surface area contributed by atoms with Crippen LogP contribution in [0.15, 0.2) is 52.9 Å². The highest BCUT2D eigenvalue weighted by Gasteiger charge is 2.22. The summed E-state index contributed by atoms with van der Waals surface area (Å²) in [6.45, 7) is 2.83. The van der Waals surface area contributed by atoms with Gasteiger partial charge in [-0.1, -0.05) is 24.3 Å². The van der Waals surface area contributed by atoms with Gasteiger partial charge in [0.1, 0.15) is 16.8 Å². The van der Waals surface area contributed by atoms with Crippen molar-refractivity contribution in [1.29, 1.82) is 0 Å². The first-order chi connectivity index (χ1) is 12.8. The average Bonchev–Trinajstić information content (AvgIpc) is 3.06. The maximum Gasteiger partial charge on any atom is 0.196 e. The molecule has 1 fully saturated rings. The zero-order valence-electron chi connectivity index (χ0n) is 14.1. The van der Waals surface area contributed by atoms with Crippen LogP contribution in [-0.4, -0.2) is 41.4 Å². The van der Waals surface area contributed by atoms with Crippen molar-refractivity contribution in [3.8, 4) is 17.1 Å². The summed E-state index contributed by atoms with van der Waals surface area (Å²) in [5.74, 6) is 1.53. The van der Waals surface area contributed by atoms with E-state index in [2.05, 4.69) is 4.90 Å². The summed E-state index contributed by atoms with van der Waals surface area (Å²) in [5.41, 5.74) is 3.04. The van der Waals surface area contributed by atoms with Gasteiger partial charge in [0.15, 0.2) is 17.2 Å². The quantitative estimate of drug-likeness (QED) is 0.597. The molecule has 6 heteroatoms. The lowest BCUT2D eigenvalue weighted by Gasteiger charge is -2.27. The molecule has 130 valence electrons. The third-order valence-electron chi connectivity index (χ3n) is 4.62. The zero-order chi connectivity index (χ0) is 17.5. The first kappa shape index (κ1) is 15.2. The smallest absolute Gasteiger partial charge is 0.196 e. The summed E-state index contributed by atoms with van der Waals surface area (Å²) in [5, 5.41) is 10.8. The Bertz CT molecular complexity index is 1100. The van der Waals surface area contributed by atoms with Crippen LogP contribution >= 0.6 is 0 Å². The third kappa shape index (κ3) is 2.46. The first-order valence-corrected chi connectivity index (χ1v) is 8.61. The van der Waals surface area contributed by atoms with Gasteiger partial charge in [0.05, 0.1) is 13.2 Å². The molecule has 1 N–H and O–H groups in total. The van der Waals surface area contributed by atoms with E-state index >= 15 is 0 Å². The van der Waals surface area contributed by atoms with Crippen molar-refractivity contribution >= 4 is 27.9 Å². The number of phenolic OH excluding ortho intramolecular Hbond substituents is 1. The summed E-state index contributed by atoms with van der Waals surface area (Å²) in [7, 11) is 0. The molecule has 0 atom stereocenters. The summed E-state index contributed by atoms with van der Waals surface area (Å²) in [6.07, 6.45) is 0. The molecule has 0 radical (unpaired) electrons. The minimum Gasteiger partial charge on any atom is -0.508 e. The molecule has 1 aliphatic rings. The third-order valence-corrected chi connectivity index (χ3v) is 4.62. The molecule has 0 amide bonds. The number of benzene rings is 2. The number of aromatic nitrogens is 2. The van der Waals surface area contributed by atoms with E-state index in [9.17, 15) is 5.11 Å². The van der Waals surface area contributed by atoms with E-state index in [1.54, 1.807) is 18.2 Å². The van der Waals surface area contributed by atoms with Crippen molar-refractivity contribution in [3.05, 3.63) is 48.5 Å². The van der Waals surface area contributed by atoms with E-state index in [-0.39, 0.29) is 5.75 Å². The van der Waals surface area contributed by atoms with Gasteiger partial charge >= 0.3 is 0 Å². The Labute approximate surface area is 149 Å². The van der Waals surface area contributed by atoms with Gasteiger partial charge in [0.25, 0.3) is 0 Å². The number of furan rings is 1. The Balaban J connectivity index is 1.79. The summed E-state index contributed by atoms with van der Waals surface area (Å²) in [6, 6.07) is 14.9. The van der Waals surface area contributed by atoms with E-state index < -0.39 is 0 Å². The fourth-order valence-corrected chi connectivity index (χ4v) is 3.34. The fourth-order valence-electron chi connectivity index (χ4n) is 3.34. The lowest BCUT2D eigenvalue weighted by atomic mass is 10.2. The first-order valence-electron chi connectivity index (χ1n) is 8.61. The number of nitrogens with zero attached hydrogens (tertiary/aromatic N) is 3. The van der Waals surface area contributed by atoms with Gasteiger partial charge in [0, 0.05) is 24.0 Å². The van der Waals surface area contributed by atoms with Gasteiger partial charge in [-0.2, -0.15) is 0 Å². The minimum atomic E-state index is 0.191. The van der Waals surface area contributed by atoms with Gasteiger partial charge in [-0.15, -0.1) is 0 Å². The molecule has 2 aromatic carbocycles. The number of hydrogen-bond acceptors (Lipinski definition) is 6. The number of para-hydroxylation sites is 1. The summed E-state index contributed by atoms with van der Waals surface area (Å²) >= 11 is 0. The van der Waals surface area contributed by atoms with Crippen molar-refractivity contribution in [2.24, 2.45) is 0 Å². The van der Waals surface area contributed by atoms with E-state index in [1.807, 2.05) is 30.3 Å². The molecule has 0 bridgehead atoms. The second-order valence-electron chi connectivity index (χ2n) is 6.30. The molecule has 1 saturated heterocycles. The predicted octanol–water partition coefficient (Wildman–Crippen LogP) is 3.59. The number of fused-ring (bicyclic) bond motifs is 3. The predicted molar refractivity (Wildman–Crippen MR) is 99.4 cm³/mol. The SMILES string of the molecule is Oc1cccc(-c2nc(N3CCOCC3)c3oc4ccccc4c3n2)c1. The molecule has 0 saturated carbocycles. The monoisotopic (exact) mass is 347 g/mol. The van der Waals surface area contributed by atoms with Crippen LogP contribution in [0.3, 0.4) is 0 Å². The average molecular weight is 347 g/mol. The number of anilines is 1. The normalized spacial score (nSPS) is 15.0. The molecule has 4 aromatic rings. The Morgan fingerprint density at radius 2 is 1.81 bits per heavy atom. The number of hydrogen-bond donors (Lipinski definition) is 1. The van der Waals surface area contributed by atoms with E-state index in [1.165, 1.54) is 0 Å². The molecule has 3 heterocycles. The maximum absolute atomic E-state index is 9.84. The lowest BCUT2D eigenvalue weighted by Crippen LogP contribution is -2.37. The molecule has 1 aliphatic heterocycles. The van der Waals surface area contributed by atoms with E-state index in [4.69, 9.17) is 19.1 Å². The number of aromatic hydroxyl groups is 1. The van der Waals surface area contributed by atoms with Gasteiger partial charge in [-0.25, -0.2) is 9.97 Å². The molecule has 0 unspecified atom stereocenters. The van der Waals surface area contributed by atoms with Crippen LogP contribution in [0.4, 0.5) is 5.82 Å². The van der Waals surface area contributed by atoms with Gasteiger partial charge < -0.3 is 19.2 Å². The Morgan fingerprint density at radius 3 is 2.65 bits per heavy atom. The van der Waals surface area contributed by atoms with Crippen LogP contribution < -0.4 is 4.90 Å². The van der Waals surface area contributed by atoms with Crippen molar-refractivity contribution in [2.75, 3.05) is 31.2 Å². The largest absolute Gasteiger partial charge is 0.508 e. The number of rotatable bonds is 2. The second kappa shape index (κ2) is 6.00. The molecule has 26 heavy (non-hydrogen) atoms. The molecule has 2 aromatic heterocycles. The highest BCUT2D eigenvalue weighted by molar-refractivity contribution is 6.06. The minimum absolute atomic E-state index is 0.191. The van der Waals surface area contributed by atoms with Crippen LogP contribution in [0.5, 0.6) is 5.75 Å². The second-order valence-corrected chi connectivity index (χ2v) is 6.30. The fraction of sp³-hybridized carbons (Fsp3) is 0.200. The van der Waals surface area contributed by atoms with E-state index in [0.717, 1.165) is 41.0 Å². The molecule has 5 rings (SSSR count). The maximum atomic E-state index is 9.84. The molecular weight excluding hydrogens is 330 g/mol. The lowest BCUT2D eigenvalue weighted by molar-refractivity contribution is 0.122.